The van der Waals surface area contributed by atoms with Crippen LogP contribution in [0.2, 0.25) is 0 Å². The highest BCUT2D eigenvalue weighted by atomic mass is 16.5. The van der Waals surface area contributed by atoms with E-state index in [0.29, 0.717) is 18.9 Å². The standard InChI is InChI=1S/C16H22O2/c1-5-13-15(6-11(4)17)14(10(2)3)7-12-8-18-9-16(12)13/h7,10H,5-6,8-9H2,1-4H3. The molecule has 0 spiro atoms. The van der Waals surface area contributed by atoms with Crippen LogP contribution in [-0.2, 0) is 35.6 Å². The molecule has 0 amide bonds. The first-order valence-corrected chi connectivity index (χ1v) is 6.78. The summed E-state index contributed by atoms with van der Waals surface area (Å²) in [4.78, 5) is 11.5. The van der Waals surface area contributed by atoms with Crippen LogP contribution in [0.25, 0.3) is 0 Å². The fourth-order valence-corrected chi connectivity index (χ4v) is 2.88. The van der Waals surface area contributed by atoms with Crippen LogP contribution in [0.4, 0.5) is 0 Å². The number of ether oxygens (including phenoxy) is 1. The number of carbonyl (C=O) groups excluding carboxylic acids is 1. The zero-order valence-electron chi connectivity index (χ0n) is 11.8. The normalized spacial score (nSPS) is 14.1. The Hall–Kier alpha value is -1.15. The first-order chi connectivity index (χ1) is 8.54. The highest BCUT2D eigenvalue weighted by Gasteiger charge is 2.22. The van der Waals surface area contributed by atoms with Crippen LogP contribution in [0.5, 0.6) is 0 Å². The van der Waals surface area contributed by atoms with E-state index in [9.17, 15) is 4.79 Å². The summed E-state index contributed by atoms with van der Waals surface area (Å²) in [6, 6.07) is 2.25. The monoisotopic (exact) mass is 246 g/mol. The largest absolute Gasteiger partial charge is 0.372 e. The molecule has 0 saturated heterocycles. The summed E-state index contributed by atoms with van der Waals surface area (Å²) in [5.41, 5.74) is 6.58. The summed E-state index contributed by atoms with van der Waals surface area (Å²) >= 11 is 0. The van der Waals surface area contributed by atoms with Crippen molar-refractivity contribution in [3.63, 3.8) is 0 Å². The van der Waals surface area contributed by atoms with E-state index in [0.717, 1.165) is 13.0 Å². The molecule has 0 radical (unpaired) electrons. The molecule has 1 heterocycles. The van der Waals surface area contributed by atoms with Gasteiger partial charge in [0, 0.05) is 6.42 Å². The maximum Gasteiger partial charge on any atom is 0.134 e. The van der Waals surface area contributed by atoms with Gasteiger partial charge in [-0.3, -0.25) is 4.79 Å². The maximum atomic E-state index is 11.5. The lowest BCUT2D eigenvalue weighted by molar-refractivity contribution is -0.116. The topological polar surface area (TPSA) is 26.3 Å². The number of hydrogen-bond acceptors (Lipinski definition) is 2. The van der Waals surface area contributed by atoms with E-state index in [2.05, 4.69) is 26.8 Å². The molecule has 2 rings (SSSR count). The summed E-state index contributed by atoms with van der Waals surface area (Å²) in [6.45, 7) is 9.67. The number of rotatable bonds is 4. The Kier molecular flexibility index (Phi) is 3.86. The molecule has 1 aliphatic heterocycles. The van der Waals surface area contributed by atoms with Crippen molar-refractivity contribution in [3.8, 4) is 0 Å². The van der Waals surface area contributed by atoms with Crippen molar-refractivity contribution in [2.45, 2.75) is 59.7 Å². The molecule has 0 fully saturated rings. The maximum absolute atomic E-state index is 11.5. The van der Waals surface area contributed by atoms with Crippen LogP contribution in [0.1, 0.15) is 61.4 Å². The van der Waals surface area contributed by atoms with Crippen molar-refractivity contribution in [2.75, 3.05) is 0 Å². The molecule has 0 bridgehead atoms. The summed E-state index contributed by atoms with van der Waals surface area (Å²) in [5, 5.41) is 0. The Morgan fingerprint density at radius 3 is 2.61 bits per heavy atom. The molecule has 1 aromatic carbocycles. The third-order valence-electron chi connectivity index (χ3n) is 3.70. The molecular weight excluding hydrogens is 224 g/mol. The Bertz CT molecular complexity index is 472. The fourth-order valence-electron chi connectivity index (χ4n) is 2.88. The molecule has 2 nitrogen and oxygen atoms in total. The summed E-state index contributed by atoms with van der Waals surface area (Å²) < 4.78 is 5.57. The average molecular weight is 246 g/mol. The second kappa shape index (κ2) is 5.23. The van der Waals surface area contributed by atoms with Gasteiger partial charge in [0.2, 0.25) is 0 Å². The van der Waals surface area contributed by atoms with Crippen LogP contribution in [0.15, 0.2) is 6.07 Å². The smallest absolute Gasteiger partial charge is 0.134 e. The van der Waals surface area contributed by atoms with Gasteiger partial charge in [-0.1, -0.05) is 26.8 Å². The summed E-state index contributed by atoms with van der Waals surface area (Å²) in [6.07, 6.45) is 1.54. The zero-order chi connectivity index (χ0) is 13.3. The molecule has 0 aromatic heterocycles. The second-order valence-electron chi connectivity index (χ2n) is 5.44. The number of hydrogen-bond donors (Lipinski definition) is 0. The lowest BCUT2D eigenvalue weighted by Gasteiger charge is -2.19. The van der Waals surface area contributed by atoms with Crippen LogP contribution in [0, 0.1) is 0 Å². The predicted octanol–water partition coefficient (Wildman–Crippen LogP) is 3.53. The van der Waals surface area contributed by atoms with E-state index in [-0.39, 0.29) is 5.78 Å². The van der Waals surface area contributed by atoms with Crippen molar-refractivity contribution in [2.24, 2.45) is 0 Å². The predicted molar refractivity (Wildman–Crippen MR) is 72.8 cm³/mol. The minimum Gasteiger partial charge on any atom is -0.372 e. The number of benzene rings is 1. The highest BCUT2D eigenvalue weighted by molar-refractivity contribution is 5.79. The molecule has 0 N–H and O–H groups in total. The van der Waals surface area contributed by atoms with Crippen molar-refractivity contribution in [3.05, 3.63) is 33.9 Å². The van der Waals surface area contributed by atoms with Gasteiger partial charge < -0.3 is 4.74 Å². The van der Waals surface area contributed by atoms with Gasteiger partial charge in [-0.05, 0) is 47.1 Å². The molecule has 1 aromatic rings. The minimum atomic E-state index is 0.241. The van der Waals surface area contributed by atoms with E-state index in [1.165, 1.54) is 27.8 Å². The first kappa shape index (κ1) is 13.3. The molecule has 1 aliphatic rings. The molecule has 18 heavy (non-hydrogen) atoms. The number of ketones is 1. The quantitative estimate of drug-likeness (QED) is 0.812. The Morgan fingerprint density at radius 1 is 1.33 bits per heavy atom. The Morgan fingerprint density at radius 2 is 2.06 bits per heavy atom. The molecule has 2 heteroatoms. The van der Waals surface area contributed by atoms with Crippen molar-refractivity contribution in [1.29, 1.82) is 0 Å². The van der Waals surface area contributed by atoms with Crippen molar-refractivity contribution in [1.82, 2.24) is 0 Å². The van der Waals surface area contributed by atoms with E-state index in [1.54, 1.807) is 6.92 Å². The lowest BCUT2D eigenvalue weighted by Crippen LogP contribution is -2.09. The van der Waals surface area contributed by atoms with E-state index < -0.39 is 0 Å². The van der Waals surface area contributed by atoms with Gasteiger partial charge >= 0.3 is 0 Å². The van der Waals surface area contributed by atoms with Crippen molar-refractivity contribution >= 4 is 5.78 Å². The average Bonchev–Trinajstić information content (AvgIpc) is 2.74. The molecule has 0 unspecified atom stereocenters. The van der Waals surface area contributed by atoms with Gasteiger partial charge in [-0.25, -0.2) is 0 Å². The van der Waals surface area contributed by atoms with Crippen LogP contribution >= 0.6 is 0 Å². The second-order valence-corrected chi connectivity index (χ2v) is 5.44. The van der Waals surface area contributed by atoms with E-state index in [1.807, 2.05) is 0 Å². The third kappa shape index (κ3) is 2.35. The fraction of sp³-hybridized carbons (Fsp3) is 0.562. The van der Waals surface area contributed by atoms with Crippen LogP contribution < -0.4 is 0 Å². The Balaban J connectivity index is 2.62. The van der Waals surface area contributed by atoms with Gasteiger partial charge in [0.05, 0.1) is 13.2 Å². The van der Waals surface area contributed by atoms with E-state index in [4.69, 9.17) is 4.74 Å². The molecule has 98 valence electrons. The lowest BCUT2D eigenvalue weighted by atomic mass is 9.85. The van der Waals surface area contributed by atoms with Gasteiger partial charge in [0.25, 0.3) is 0 Å². The number of fused-ring (bicyclic) bond motifs is 1. The van der Waals surface area contributed by atoms with Gasteiger partial charge in [-0.2, -0.15) is 0 Å². The van der Waals surface area contributed by atoms with Crippen LogP contribution in [0.3, 0.4) is 0 Å². The zero-order valence-corrected chi connectivity index (χ0v) is 11.8. The SMILES string of the molecule is CCc1c2c(cc(C(C)C)c1CC(C)=O)COC2. The van der Waals surface area contributed by atoms with Gasteiger partial charge in [0.15, 0.2) is 0 Å². The molecule has 0 saturated carbocycles. The summed E-state index contributed by atoms with van der Waals surface area (Å²) in [5.74, 6) is 0.695. The molecular formula is C16H22O2. The summed E-state index contributed by atoms with van der Waals surface area (Å²) in [7, 11) is 0. The molecule has 0 aliphatic carbocycles. The first-order valence-electron chi connectivity index (χ1n) is 6.78. The number of Topliss-reactive ketones (excluding diaryl/α,β-unsaturated/α-hetero) is 1. The van der Waals surface area contributed by atoms with E-state index >= 15 is 0 Å². The van der Waals surface area contributed by atoms with Crippen LogP contribution in [-0.4, -0.2) is 5.78 Å². The van der Waals surface area contributed by atoms with Gasteiger partial charge in [0.1, 0.15) is 5.78 Å². The minimum absolute atomic E-state index is 0.241. The number of carbonyl (C=O) groups is 1. The Labute approximate surface area is 109 Å². The van der Waals surface area contributed by atoms with Crippen molar-refractivity contribution < 1.29 is 9.53 Å². The van der Waals surface area contributed by atoms with Gasteiger partial charge in [-0.15, -0.1) is 0 Å². The molecule has 0 atom stereocenters. The highest BCUT2D eigenvalue weighted by Crippen LogP contribution is 2.33. The third-order valence-corrected chi connectivity index (χ3v) is 3.70.